The van der Waals surface area contributed by atoms with Crippen LogP contribution in [-0.4, -0.2) is 66.5 Å². The Bertz CT molecular complexity index is 1510. The van der Waals surface area contributed by atoms with Gasteiger partial charge in [-0.1, -0.05) is 93.6 Å². The summed E-state index contributed by atoms with van der Waals surface area (Å²) in [6.45, 7) is 12.1. The first-order chi connectivity index (χ1) is 21.0. The van der Waals surface area contributed by atoms with E-state index in [2.05, 4.69) is 87.6 Å². The molecule has 0 radical (unpaired) electrons. The number of likely N-dealkylation sites (N-methyl/N-ethyl adjacent to an activating group) is 1. The van der Waals surface area contributed by atoms with E-state index in [0.717, 1.165) is 35.3 Å². The van der Waals surface area contributed by atoms with Crippen LogP contribution in [0, 0.1) is 0 Å². The highest BCUT2D eigenvalue weighted by Gasteiger charge is 2.39. The van der Waals surface area contributed by atoms with E-state index < -0.39 is 0 Å². The smallest absolute Gasteiger partial charge is 0.251 e. The summed E-state index contributed by atoms with van der Waals surface area (Å²) in [5, 5.41) is 3.67. The maximum Gasteiger partial charge on any atom is 0.251 e. The number of carbonyl (C=O) groups excluding carboxylic acids is 2. The van der Waals surface area contributed by atoms with Gasteiger partial charge in [-0.05, 0) is 59.1 Å². The Labute approximate surface area is 263 Å². The van der Waals surface area contributed by atoms with Gasteiger partial charge in [0.2, 0.25) is 5.91 Å². The Hall–Kier alpha value is -3.90. The molecule has 2 aliphatic heterocycles. The zero-order valence-electron chi connectivity index (χ0n) is 27.1. The van der Waals surface area contributed by atoms with Gasteiger partial charge >= 0.3 is 0 Å². The second-order valence-corrected chi connectivity index (χ2v) is 13.5. The van der Waals surface area contributed by atoms with Crippen LogP contribution in [0.2, 0.25) is 0 Å². The third kappa shape index (κ3) is 7.41. The van der Waals surface area contributed by atoms with Gasteiger partial charge in [-0.3, -0.25) is 9.59 Å². The number of carbonyl (C=O) groups is 2. The summed E-state index contributed by atoms with van der Waals surface area (Å²) < 4.78 is 6.49. The lowest BCUT2D eigenvalue weighted by Gasteiger charge is -2.44. The van der Waals surface area contributed by atoms with Crippen molar-refractivity contribution in [1.82, 2.24) is 15.1 Å². The van der Waals surface area contributed by atoms with Crippen molar-refractivity contribution in [3.8, 4) is 5.75 Å². The number of ether oxygens (including phenoxy) is 1. The molecule has 2 bridgehead atoms. The maximum atomic E-state index is 14.2. The van der Waals surface area contributed by atoms with E-state index in [1.807, 2.05) is 41.1 Å². The molecule has 0 spiro atoms. The predicted molar refractivity (Wildman–Crippen MR) is 178 cm³/mol. The van der Waals surface area contributed by atoms with E-state index >= 15 is 0 Å². The molecular formula is C38H47N3O3. The molecule has 44 heavy (non-hydrogen) atoms. The highest BCUT2D eigenvalue weighted by atomic mass is 16.5. The lowest BCUT2D eigenvalue weighted by molar-refractivity contribution is -0.132. The van der Waals surface area contributed by atoms with Crippen LogP contribution in [0.5, 0.6) is 5.75 Å². The number of nitrogens with zero attached hydrogens (tertiary/aromatic N) is 2. The minimum atomic E-state index is -0.201. The molecule has 1 saturated heterocycles. The molecular weight excluding hydrogens is 546 g/mol. The lowest BCUT2D eigenvalue weighted by atomic mass is 9.82. The van der Waals surface area contributed by atoms with E-state index in [1.165, 1.54) is 16.7 Å². The van der Waals surface area contributed by atoms with Crippen LogP contribution in [0.3, 0.4) is 0 Å². The number of benzene rings is 3. The third-order valence-electron chi connectivity index (χ3n) is 8.83. The van der Waals surface area contributed by atoms with Gasteiger partial charge in [0.15, 0.2) is 0 Å². The monoisotopic (exact) mass is 593 g/mol. The van der Waals surface area contributed by atoms with Gasteiger partial charge in [0, 0.05) is 51.6 Å². The third-order valence-corrected chi connectivity index (χ3v) is 8.83. The van der Waals surface area contributed by atoms with Crippen LogP contribution in [0.1, 0.15) is 63.3 Å². The largest absolute Gasteiger partial charge is 0.490 e. The van der Waals surface area contributed by atoms with Crippen molar-refractivity contribution in [2.75, 3.05) is 26.7 Å². The quantitative estimate of drug-likeness (QED) is 0.329. The Morgan fingerprint density at radius 1 is 0.977 bits per heavy atom. The normalized spacial score (nSPS) is 19.0. The molecule has 6 nitrogen and oxygen atoms in total. The Morgan fingerprint density at radius 3 is 2.41 bits per heavy atom. The molecule has 3 unspecified atom stereocenters. The van der Waals surface area contributed by atoms with Gasteiger partial charge in [-0.2, -0.15) is 0 Å². The minimum Gasteiger partial charge on any atom is -0.490 e. The van der Waals surface area contributed by atoms with Crippen molar-refractivity contribution in [1.29, 1.82) is 0 Å². The number of amides is 2. The molecule has 3 aromatic rings. The summed E-state index contributed by atoms with van der Waals surface area (Å²) in [7, 11) is 1.89. The second-order valence-electron chi connectivity index (χ2n) is 13.5. The number of rotatable bonds is 9. The summed E-state index contributed by atoms with van der Waals surface area (Å²) >= 11 is 0. The average Bonchev–Trinajstić information content (AvgIpc) is 2.99. The average molecular weight is 594 g/mol. The van der Waals surface area contributed by atoms with Crippen LogP contribution < -0.4 is 10.1 Å². The molecule has 1 N–H and O–H groups in total. The van der Waals surface area contributed by atoms with Gasteiger partial charge in [0.05, 0.1) is 12.1 Å². The zero-order chi connectivity index (χ0) is 31.4. The summed E-state index contributed by atoms with van der Waals surface area (Å²) in [5.74, 6) is 1.01. The lowest BCUT2D eigenvalue weighted by Crippen LogP contribution is -2.61. The van der Waals surface area contributed by atoms with Crippen LogP contribution >= 0.6 is 0 Å². The van der Waals surface area contributed by atoms with Crippen molar-refractivity contribution in [3.05, 3.63) is 107 Å². The van der Waals surface area contributed by atoms with Gasteiger partial charge in [0.25, 0.3) is 5.91 Å². The SMILES string of the molecule is CC(=O)N1CC2CC(c3cccc(CC(C)Oc4ccccc4C(C)(C)C)c3)=C(C(=O)N(C)CCc3ccccc3)C(C1)N2. The fourth-order valence-electron chi connectivity index (χ4n) is 6.54. The number of nitrogens with one attached hydrogen (secondary N) is 1. The molecule has 2 heterocycles. The number of fused-ring (bicyclic) bond motifs is 2. The Morgan fingerprint density at radius 2 is 1.68 bits per heavy atom. The van der Waals surface area contributed by atoms with E-state index in [1.54, 1.807) is 6.92 Å². The van der Waals surface area contributed by atoms with Crippen LogP contribution in [0.15, 0.2) is 84.4 Å². The summed E-state index contributed by atoms with van der Waals surface area (Å²) in [6.07, 6.45) is 2.22. The summed E-state index contributed by atoms with van der Waals surface area (Å²) in [4.78, 5) is 30.3. The van der Waals surface area contributed by atoms with Gasteiger partial charge in [-0.25, -0.2) is 0 Å². The van der Waals surface area contributed by atoms with Gasteiger partial charge < -0.3 is 19.9 Å². The number of hydrogen-bond donors (Lipinski definition) is 1. The number of hydrogen-bond acceptors (Lipinski definition) is 4. The first kappa shape index (κ1) is 31.5. The van der Waals surface area contributed by atoms with Crippen molar-refractivity contribution < 1.29 is 14.3 Å². The molecule has 2 aliphatic rings. The van der Waals surface area contributed by atoms with Gasteiger partial charge in [-0.15, -0.1) is 0 Å². The highest BCUT2D eigenvalue weighted by Crippen LogP contribution is 2.35. The molecule has 0 saturated carbocycles. The van der Waals surface area contributed by atoms with Crippen LogP contribution in [0.25, 0.3) is 5.57 Å². The Kier molecular flexibility index (Phi) is 9.59. The predicted octanol–water partition coefficient (Wildman–Crippen LogP) is 6.04. The molecule has 3 aromatic carbocycles. The molecule has 6 heteroatoms. The Balaban J connectivity index is 1.41. The fraction of sp³-hybridized carbons (Fsp3) is 0.421. The van der Waals surface area contributed by atoms with Crippen molar-refractivity contribution in [3.63, 3.8) is 0 Å². The van der Waals surface area contributed by atoms with Crippen LogP contribution in [-0.2, 0) is 27.8 Å². The minimum absolute atomic E-state index is 0.00898. The zero-order valence-corrected chi connectivity index (χ0v) is 27.1. The molecule has 0 aromatic heterocycles. The van der Waals surface area contributed by atoms with Crippen molar-refractivity contribution >= 4 is 17.4 Å². The number of piperazine rings is 1. The summed E-state index contributed by atoms with van der Waals surface area (Å²) in [6, 6.07) is 27.1. The maximum absolute atomic E-state index is 14.2. The molecule has 3 atom stereocenters. The molecule has 2 amide bonds. The molecule has 0 aliphatic carbocycles. The molecule has 232 valence electrons. The first-order valence-corrected chi connectivity index (χ1v) is 15.9. The first-order valence-electron chi connectivity index (χ1n) is 15.9. The standard InChI is InChI=1S/C38H47N3O3/c1-26(44-35-18-11-10-17-33(35)38(3,4)5)21-29-15-12-16-30(22-29)32-23-31-24-41(27(2)42)25-34(39-31)36(32)37(43)40(6)20-19-28-13-8-7-9-14-28/h7-18,22,26,31,34,39H,19-21,23-25H2,1-6H3. The highest BCUT2D eigenvalue weighted by molar-refractivity contribution is 6.03. The fourth-order valence-corrected chi connectivity index (χ4v) is 6.54. The molecule has 5 rings (SSSR count). The van der Waals surface area contributed by atoms with E-state index in [4.69, 9.17) is 4.74 Å². The number of para-hydroxylation sites is 1. The summed E-state index contributed by atoms with van der Waals surface area (Å²) in [5.41, 5.74) is 6.52. The second kappa shape index (κ2) is 13.4. The van der Waals surface area contributed by atoms with Crippen LogP contribution in [0.4, 0.5) is 0 Å². The molecule has 1 fully saturated rings. The van der Waals surface area contributed by atoms with Crippen molar-refractivity contribution in [2.45, 2.75) is 77.5 Å². The van der Waals surface area contributed by atoms with E-state index in [9.17, 15) is 9.59 Å². The van der Waals surface area contributed by atoms with Crippen molar-refractivity contribution in [2.24, 2.45) is 0 Å². The van der Waals surface area contributed by atoms with Gasteiger partial charge in [0.1, 0.15) is 5.75 Å². The topological polar surface area (TPSA) is 61.9 Å². The van der Waals surface area contributed by atoms with E-state index in [0.29, 0.717) is 26.1 Å². The van der Waals surface area contributed by atoms with E-state index in [-0.39, 0.29) is 35.4 Å².